The van der Waals surface area contributed by atoms with Crippen LogP contribution in [-0.4, -0.2) is 11.7 Å². The van der Waals surface area contributed by atoms with Crippen LogP contribution in [0, 0.1) is 5.82 Å². The number of hydrogen-bond donors (Lipinski definition) is 2. The highest BCUT2D eigenvalue weighted by Crippen LogP contribution is 2.22. The lowest BCUT2D eigenvalue weighted by atomic mass is 10.1. The Morgan fingerprint density at radius 1 is 1.54 bits per heavy atom. The van der Waals surface area contributed by atoms with Crippen LogP contribution in [0.2, 0.25) is 0 Å². The summed E-state index contributed by atoms with van der Waals surface area (Å²) in [6.07, 6.45) is 0. The van der Waals surface area contributed by atoms with Crippen molar-refractivity contribution in [2.75, 3.05) is 6.61 Å². The van der Waals surface area contributed by atoms with Gasteiger partial charge in [0, 0.05) is 5.56 Å². The summed E-state index contributed by atoms with van der Waals surface area (Å²) in [7, 11) is 0. The summed E-state index contributed by atoms with van der Waals surface area (Å²) >= 11 is 3.03. The molecule has 0 aliphatic carbocycles. The first-order valence-electron chi connectivity index (χ1n) is 3.47. The van der Waals surface area contributed by atoms with E-state index in [1.54, 1.807) is 18.2 Å². The number of benzene rings is 1. The fourth-order valence-electron chi connectivity index (χ4n) is 0.905. The lowest BCUT2D eigenvalue weighted by molar-refractivity contribution is 0.265. The van der Waals surface area contributed by atoms with Crippen LogP contribution in [-0.2, 0) is 0 Å². The Labute approximate surface area is 90.5 Å². The van der Waals surface area contributed by atoms with Gasteiger partial charge in [-0.15, -0.1) is 12.4 Å². The lowest BCUT2D eigenvalue weighted by Crippen LogP contribution is -2.16. The smallest absolute Gasteiger partial charge is 0.142 e. The van der Waals surface area contributed by atoms with E-state index >= 15 is 0 Å². The van der Waals surface area contributed by atoms with Crippen molar-refractivity contribution in [2.45, 2.75) is 6.04 Å². The summed E-state index contributed by atoms with van der Waals surface area (Å²) in [6.45, 7) is -0.257. The van der Waals surface area contributed by atoms with E-state index in [0.717, 1.165) is 0 Å². The monoisotopic (exact) mass is 269 g/mol. The standard InChI is InChI=1S/C8H9BrFNO.ClH/c9-6-3-1-2-5(8(6)10)7(11)4-12;/h1-3,7,12H,4,11H2;1H/t7-;/m1./s1. The first-order chi connectivity index (χ1) is 5.66. The Kier molecular flexibility index (Phi) is 5.48. The van der Waals surface area contributed by atoms with E-state index in [9.17, 15) is 4.39 Å². The minimum absolute atomic E-state index is 0. The number of nitrogens with two attached hydrogens (primary N) is 1. The van der Waals surface area contributed by atoms with Crippen molar-refractivity contribution < 1.29 is 9.50 Å². The third-order valence-electron chi connectivity index (χ3n) is 1.58. The van der Waals surface area contributed by atoms with Crippen LogP contribution >= 0.6 is 28.3 Å². The van der Waals surface area contributed by atoms with Gasteiger partial charge in [-0.1, -0.05) is 12.1 Å². The van der Waals surface area contributed by atoms with Crippen molar-refractivity contribution in [1.29, 1.82) is 0 Å². The van der Waals surface area contributed by atoms with Gasteiger partial charge in [0.15, 0.2) is 0 Å². The van der Waals surface area contributed by atoms with Crippen molar-refractivity contribution in [3.63, 3.8) is 0 Å². The number of aliphatic hydroxyl groups is 1. The molecule has 0 heterocycles. The van der Waals surface area contributed by atoms with Crippen molar-refractivity contribution in [3.05, 3.63) is 34.1 Å². The molecule has 0 fully saturated rings. The van der Waals surface area contributed by atoms with Crippen molar-refractivity contribution in [1.82, 2.24) is 0 Å². The van der Waals surface area contributed by atoms with Gasteiger partial charge in [0.05, 0.1) is 17.1 Å². The van der Waals surface area contributed by atoms with Crippen LogP contribution in [0.15, 0.2) is 22.7 Å². The predicted molar refractivity (Wildman–Crippen MR) is 55.4 cm³/mol. The van der Waals surface area contributed by atoms with Gasteiger partial charge in [-0.25, -0.2) is 4.39 Å². The highest BCUT2D eigenvalue weighted by molar-refractivity contribution is 9.10. The molecule has 0 radical (unpaired) electrons. The summed E-state index contributed by atoms with van der Waals surface area (Å²) in [5, 5.41) is 8.70. The molecule has 1 aromatic carbocycles. The largest absolute Gasteiger partial charge is 0.394 e. The van der Waals surface area contributed by atoms with Gasteiger partial charge in [0.2, 0.25) is 0 Å². The fourth-order valence-corrected chi connectivity index (χ4v) is 1.29. The fraction of sp³-hybridized carbons (Fsp3) is 0.250. The van der Waals surface area contributed by atoms with Crippen LogP contribution in [0.1, 0.15) is 11.6 Å². The SMILES string of the molecule is Cl.N[C@H](CO)c1cccc(Br)c1F. The second-order valence-electron chi connectivity index (χ2n) is 2.43. The predicted octanol–water partition coefficient (Wildman–Crippen LogP) is 2.00. The summed E-state index contributed by atoms with van der Waals surface area (Å²) in [4.78, 5) is 0. The molecule has 0 aliphatic rings. The molecule has 0 saturated heterocycles. The highest BCUT2D eigenvalue weighted by atomic mass is 79.9. The average molecular weight is 271 g/mol. The molecule has 1 aromatic rings. The molecular weight excluding hydrogens is 260 g/mol. The molecule has 13 heavy (non-hydrogen) atoms. The number of hydrogen-bond acceptors (Lipinski definition) is 2. The summed E-state index contributed by atoms with van der Waals surface area (Å²) in [5.74, 6) is -0.404. The summed E-state index contributed by atoms with van der Waals surface area (Å²) in [5.41, 5.74) is 5.78. The minimum atomic E-state index is -0.650. The molecule has 0 bridgehead atoms. The normalized spacial score (nSPS) is 12.0. The van der Waals surface area contributed by atoms with E-state index in [-0.39, 0.29) is 19.0 Å². The van der Waals surface area contributed by atoms with E-state index in [1.165, 1.54) is 0 Å². The Morgan fingerprint density at radius 2 is 2.15 bits per heavy atom. The van der Waals surface area contributed by atoms with Crippen LogP contribution in [0.25, 0.3) is 0 Å². The molecule has 0 amide bonds. The van der Waals surface area contributed by atoms with Gasteiger partial charge >= 0.3 is 0 Å². The zero-order valence-electron chi connectivity index (χ0n) is 6.71. The van der Waals surface area contributed by atoms with Gasteiger partial charge < -0.3 is 10.8 Å². The second-order valence-corrected chi connectivity index (χ2v) is 3.29. The molecule has 3 N–H and O–H groups in total. The number of rotatable bonds is 2. The molecule has 0 spiro atoms. The molecule has 74 valence electrons. The Bertz CT molecular complexity index is 285. The number of halogens is 3. The minimum Gasteiger partial charge on any atom is -0.394 e. The van der Waals surface area contributed by atoms with Crippen molar-refractivity contribution in [3.8, 4) is 0 Å². The molecule has 5 heteroatoms. The van der Waals surface area contributed by atoms with Crippen LogP contribution < -0.4 is 5.73 Å². The van der Waals surface area contributed by atoms with Crippen molar-refractivity contribution in [2.24, 2.45) is 5.73 Å². The molecular formula is C8H10BrClFNO. The topological polar surface area (TPSA) is 46.2 Å². The molecule has 0 aliphatic heterocycles. The van der Waals surface area contributed by atoms with Crippen LogP contribution in [0.4, 0.5) is 4.39 Å². The molecule has 0 aromatic heterocycles. The van der Waals surface area contributed by atoms with E-state index in [4.69, 9.17) is 10.8 Å². The Morgan fingerprint density at radius 3 is 2.69 bits per heavy atom. The highest BCUT2D eigenvalue weighted by Gasteiger charge is 2.11. The number of aliphatic hydroxyl groups excluding tert-OH is 1. The Balaban J connectivity index is 0.00000144. The zero-order chi connectivity index (χ0) is 9.14. The maximum Gasteiger partial charge on any atom is 0.142 e. The van der Waals surface area contributed by atoms with Crippen LogP contribution in [0.5, 0.6) is 0 Å². The van der Waals surface area contributed by atoms with E-state index in [1.807, 2.05) is 0 Å². The lowest BCUT2D eigenvalue weighted by Gasteiger charge is -2.09. The first-order valence-corrected chi connectivity index (χ1v) is 4.26. The molecule has 1 atom stereocenters. The average Bonchev–Trinajstić information content (AvgIpc) is 2.08. The van der Waals surface area contributed by atoms with Gasteiger partial charge in [-0.2, -0.15) is 0 Å². The Hall–Kier alpha value is -0.160. The van der Waals surface area contributed by atoms with Crippen molar-refractivity contribution >= 4 is 28.3 Å². The molecule has 0 saturated carbocycles. The summed E-state index contributed by atoms with van der Waals surface area (Å²) < 4.78 is 13.6. The third kappa shape index (κ3) is 2.91. The maximum absolute atomic E-state index is 13.2. The first kappa shape index (κ1) is 12.8. The van der Waals surface area contributed by atoms with Gasteiger partial charge in [0.25, 0.3) is 0 Å². The molecule has 0 unspecified atom stereocenters. The van der Waals surface area contributed by atoms with E-state index < -0.39 is 11.9 Å². The third-order valence-corrected chi connectivity index (χ3v) is 2.19. The van der Waals surface area contributed by atoms with Gasteiger partial charge in [-0.3, -0.25) is 0 Å². The van der Waals surface area contributed by atoms with E-state index in [0.29, 0.717) is 10.0 Å². The maximum atomic E-state index is 13.2. The van der Waals surface area contributed by atoms with Crippen LogP contribution in [0.3, 0.4) is 0 Å². The summed E-state index contributed by atoms with van der Waals surface area (Å²) in [6, 6.07) is 4.17. The van der Waals surface area contributed by atoms with E-state index in [2.05, 4.69) is 15.9 Å². The van der Waals surface area contributed by atoms with Gasteiger partial charge in [0.1, 0.15) is 5.82 Å². The molecule has 1 rings (SSSR count). The van der Waals surface area contributed by atoms with Gasteiger partial charge in [-0.05, 0) is 22.0 Å². The molecule has 2 nitrogen and oxygen atoms in total. The second kappa shape index (κ2) is 5.54. The quantitative estimate of drug-likeness (QED) is 0.863. The zero-order valence-corrected chi connectivity index (χ0v) is 9.11.